The Hall–Kier alpha value is -2.86. The van der Waals surface area contributed by atoms with Crippen LogP contribution in [0.15, 0.2) is 53.9 Å². The summed E-state index contributed by atoms with van der Waals surface area (Å²) >= 11 is 1.51. The van der Waals surface area contributed by atoms with Gasteiger partial charge in [-0.25, -0.2) is 4.98 Å². The molecule has 0 aliphatic heterocycles. The van der Waals surface area contributed by atoms with Gasteiger partial charge in [0.15, 0.2) is 5.13 Å². The molecule has 0 aliphatic rings. The van der Waals surface area contributed by atoms with Gasteiger partial charge in [0.2, 0.25) is 5.91 Å². The summed E-state index contributed by atoms with van der Waals surface area (Å²) in [6.07, 6.45) is 0. The van der Waals surface area contributed by atoms with Crippen LogP contribution in [-0.2, 0) is 4.79 Å². The second kappa shape index (κ2) is 7.14. The quantitative estimate of drug-likeness (QED) is 0.717. The van der Waals surface area contributed by atoms with Gasteiger partial charge in [-0.1, -0.05) is 24.3 Å². The van der Waals surface area contributed by atoms with Gasteiger partial charge in [0.25, 0.3) is 0 Å². The van der Waals surface area contributed by atoms with E-state index < -0.39 is 0 Å². The van der Waals surface area contributed by atoms with Crippen molar-refractivity contribution >= 4 is 33.8 Å². The van der Waals surface area contributed by atoms with E-state index in [1.165, 1.54) is 18.3 Å². The summed E-state index contributed by atoms with van der Waals surface area (Å²) in [7, 11) is 1.64. The molecule has 0 bridgehead atoms. The lowest BCUT2D eigenvalue weighted by Gasteiger charge is -2.08. The van der Waals surface area contributed by atoms with Crippen molar-refractivity contribution in [1.82, 2.24) is 4.98 Å². The number of ether oxygens (including phenoxy) is 1. The molecule has 0 spiro atoms. The lowest BCUT2D eigenvalue weighted by atomic mass is 10.1. The first-order chi connectivity index (χ1) is 11.7. The average Bonchev–Trinajstić information content (AvgIpc) is 3.03. The third-order valence-electron chi connectivity index (χ3n) is 3.33. The van der Waals surface area contributed by atoms with E-state index in [9.17, 15) is 4.79 Å². The largest absolute Gasteiger partial charge is 0.495 e. The minimum absolute atomic E-state index is 0.0936. The smallest absolute Gasteiger partial charge is 0.221 e. The molecule has 0 saturated carbocycles. The summed E-state index contributed by atoms with van der Waals surface area (Å²) < 4.78 is 5.34. The Morgan fingerprint density at radius 2 is 2.00 bits per heavy atom. The lowest BCUT2D eigenvalue weighted by Crippen LogP contribution is -2.05. The summed E-state index contributed by atoms with van der Waals surface area (Å²) in [5.41, 5.74) is 3.43. The van der Waals surface area contributed by atoms with Gasteiger partial charge < -0.3 is 15.4 Å². The van der Waals surface area contributed by atoms with Crippen molar-refractivity contribution in [1.29, 1.82) is 0 Å². The zero-order valence-electron chi connectivity index (χ0n) is 13.4. The van der Waals surface area contributed by atoms with Crippen LogP contribution in [0.2, 0.25) is 0 Å². The first-order valence-electron chi connectivity index (χ1n) is 7.39. The Bertz CT molecular complexity index is 861. The second-order valence-electron chi connectivity index (χ2n) is 5.13. The molecule has 0 atom stereocenters. The average molecular weight is 339 g/mol. The van der Waals surface area contributed by atoms with Gasteiger partial charge in [0, 0.05) is 23.6 Å². The molecule has 24 heavy (non-hydrogen) atoms. The van der Waals surface area contributed by atoms with Gasteiger partial charge in [0.05, 0.1) is 18.5 Å². The van der Waals surface area contributed by atoms with Gasteiger partial charge in [0.1, 0.15) is 5.75 Å². The van der Waals surface area contributed by atoms with Crippen LogP contribution in [0.25, 0.3) is 11.3 Å². The minimum atomic E-state index is -0.0936. The molecule has 2 aromatic carbocycles. The number of rotatable bonds is 5. The number of nitrogens with zero attached hydrogens (tertiary/aromatic N) is 1. The topological polar surface area (TPSA) is 63.2 Å². The highest BCUT2D eigenvalue weighted by Gasteiger charge is 2.08. The zero-order valence-corrected chi connectivity index (χ0v) is 14.2. The summed E-state index contributed by atoms with van der Waals surface area (Å²) in [5, 5.41) is 8.81. The van der Waals surface area contributed by atoms with Gasteiger partial charge in [-0.2, -0.15) is 0 Å². The van der Waals surface area contributed by atoms with Crippen molar-refractivity contribution in [2.75, 3.05) is 17.7 Å². The molecular weight excluding hydrogens is 322 g/mol. The van der Waals surface area contributed by atoms with E-state index in [1.54, 1.807) is 7.11 Å². The Morgan fingerprint density at radius 3 is 2.79 bits per heavy atom. The van der Waals surface area contributed by atoms with Crippen molar-refractivity contribution in [3.63, 3.8) is 0 Å². The molecule has 3 aromatic rings. The predicted molar refractivity (Wildman–Crippen MR) is 98.1 cm³/mol. The number of para-hydroxylation sites is 2. The van der Waals surface area contributed by atoms with Gasteiger partial charge >= 0.3 is 0 Å². The monoisotopic (exact) mass is 339 g/mol. The van der Waals surface area contributed by atoms with Crippen molar-refractivity contribution in [2.45, 2.75) is 6.92 Å². The second-order valence-corrected chi connectivity index (χ2v) is 5.98. The normalized spacial score (nSPS) is 10.2. The van der Waals surface area contributed by atoms with Crippen LogP contribution >= 0.6 is 11.3 Å². The van der Waals surface area contributed by atoms with Crippen molar-refractivity contribution in [3.05, 3.63) is 53.9 Å². The van der Waals surface area contributed by atoms with E-state index in [4.69, 9.17) is 4.74 Å². The van der Waals surface area contributed by atoms with E-state index in [2.05, 4.69) is 15.6 Å². The van der Waals surface area contributed by atoms with E-state index in [0.717, 1.165) is 33.5 Å². The highest BCUT2D eigenvalue weighted by Crippen LogP contribution is 2.31. The molecule has 0 unspecified atom stereocenters. The van der Waals surface area contributed by atoms with Crippen LogP contribution in [0.1, 0.15) is 6.92 Å². The summed E-state index contributed by atoms with van der Waals surface area (Å²) in [6, 6.07) is 15.3. The van der Waals surface area contributed by atoms with Crippen molar-refractivity contribution < 1.29 is 9.53 Å². The van der Waals surface area contributed by atoms with Crippen LogP contribution in [0, 0.1) is 0 Å². The highest BCUT2D eigenvalue weighted by atomic mass is 32.1. The molecule has 0 radical (unpaired) electrons. The first-order valence-corrected chi connectivity index (χ1v) is 8.27. The molecule has 0 saturated heterocycles. The Balaban J connectivity index is 1.82. The van der Waals surface area contributed by atoms with Crippen LogP contribution in [0.4, 0.5) is 16.5 Å². The maximum Gasteiger partial charge on any atom is 0.221 e. The maximum absolute atomic E-state index is 11.2. The number of hydrogen-bond donors (Lipinski definition) is 2. The number of anilines is 3. The molecule has 6 heteroatoms. The van der Waals surface area contributed by atoms with Crippen molar-refractivity contribution in [3.8, 4) is 17.0 Å². The summed E-state index contributed by atoms with van der Waals surface area (Å²) in [6.45, 7) is 1.49. The number of hydrogen-bond acceptors (Lipinski definition) is 5. The fourth-order valence-electron chi connectivity index (χ4n) is 2.29. The molecule has 5 nitrogen and oxygen atoms in total. The van der Waals surface area contributed by atoms with E-state index >= 15 is 0 Å². The fraction of sp³-hybridized carbons (Fsp3) is 0.111. The molecule has 2 N–H and O–H groups in total. The number of methoxy groups -OCH3 is 1. The van der Waals surface area contributed by atoms with Gasteiger partial charge in [-0.05, 0) is 24.3 Å². The SMILES string of the molecule is COc1ccccc1Nc1nc(-c2cccc(NC(C)=O)c2)cs1. The number of thiazole rings is 1. The molecular formula is C18H17N3O2S. The standard InChI is InChI=1S/C18H17N3O2S/c1-12(22)19-14-7-5-6-13(10-14)16-11-24-18(21-16)20-15-8-3-4-9-17(15)23-2/h3-11H,1-2H3,(H,19,22)(H,20,21). The Kier molecular flexibility index (Phi) is 4.77. The Labute approximate surface area is 144 Å². The van der Waals surface area contributed by atoms with E-state index in [0.29, 0.717) is 0 Å². The number of amides is 1. The van der Waals surface area contributed by atoms with Crippen LogP contribution in [0.5, 0.6) is 5.75 Å². The van der Waals surface area contributed by atoms with E-state index in [1.807, 2.05) is 53.9 Å². The molecule has 0 aliphatic carbocycles. The van der Waals surface area contributed by atoms with Crippen LogP contribution in [-0.4, -0.2) is 18.0 Å². The number of benzene rings is 2. The first kappa shape index (κ1) is 16.0. The third-order valence-corrected chi connectivity index (χ3v) is 4.09. The molecule has 1 aromatic heterocycles. The van der Waals surface area contributed by atoms with Gasteiger partial charge in [-0.15, -0.1) is 11.3 Å². The summed E-state index contributed by atoms with van der Waals surface area (Å²) in [4.78, 5) is 15.8. The highest BCUT2D eigenvalue weighted by molar-refractivity contribution is 7.14. The number of carbonyl (C=O) groups is 1. The van der Waals surface area contributed by atoms with Gasteiger partial charge in [-0.3, -0.25) is 4.79 Å². The van der Waals surface area contributed by atoms with Crippen LogP contribution in [0.3, 0.4) is 0 Å². The number of carbonyl (C=O) groups excluding carboxylic acids is 1. The lowest BCUT2D eigenvalue weighted by molar-refractivity contribution is -0.114. The molecule has 0 fully saturated rings. The van der Waals surface area contributed by atoms with Crippen LogP contribution < -0.4 is 15.4 Å². The minimum Gasteiger partial charge on any atom is -0.495 e. The number of nitrogens with one attached hydrogen (secondary N) is 2. The zero-order chi connectivity index (χ0) is 16.9. The van der Waals surface area contributed by atoms with E-state index in [-0.39, 0.29) is 5.91 Å². The Morgan fingerprint density at radius 1 is 1.17 bits per heavy atom. The third kappa shape index (κ3) is 3.72. The molecule has 3 rings (SSSR count). The predicted octanol–water partition coefficient (Wildman–Crippen LogP) is 4.52. The molecule has 1 amide bonds. The molecule has 122 valence electrons. The maximum atomic E-state index is 11.2. The van der Waals surface area contributed by atoms with Crippen molar-refractivity contribution in [2.24, 2.45) is 0 Å². The number of aromatic nitrogens is 1. The fourth-order valence-corrected chi connectivity index (χ4v) is 3.02. The summed E-state index contributed by atoms with van der Waals surface area (Å²) in [5.74, 6) is 0.672. The molecule has 1 heterocycles.